The number of rotatable bonds is 3. The second-order valence-electron chi connectivity index (χ2n) is 8.94. The van der Waals surface area contributed by atoms with Gasteiger partial charge in [0, 0.05) is 10.8 Å². The molecule has 0 N–H and O–H groups in total. The van der Waals surface area contributed by atoms with Gasteiger partial charge in [-0.15, -0.1) is 0 Å². The van der Waals surface area contributed by atoms with Crippen LogP contribution in [0.3, 0.4) is 0 Å². The van der Waals surface area contributed by atoms with Crippen LogP contribution in [0.2, 0.25) is 0 Å². The Balaban J connectivity index is 1.97. The van der Waals surface area contributed by atoms with Crippen LogP contribution in [-0.2, 0) is 14.3 Å². The fourth-order valence-corrected chi connectivity index (χ4v) is 3.94. The highest BCUT2D eigenvalue weighted by Crippen LogP contribution is 2.35. The Kier molecular flexibility index (Phi) is 5.51. The lowest BCUT2D eigenvalue weighted by Gasteiger charge is -2.20. The number of nitrogens with zero attached hydrogens (tertiary/aromatic N) is 1. The monoisotopic (exact) mass is 429 g/mol. The van der Waals surface area contributed by atoms with Gasteiger partial charge in [-0.1, -0.05) is 42.5 Å². The molecule has 3 aromatic carbocycles. The van der Waals surface area contributed by atoms with E-state index >= 15 is 0 Å². The van der Waals surface area contributed by atoms with Gasteiger partial charge in [0.1, 0.15) is 5.60 Å². The van der Waals surface area contributed by atoms with E-state index in [4.69, 9.17) is 9.47 Å². The van der Waals surface area contributed by atoms with Crippen molar-refractivity contribution < 1.29 is 19.1 Å². The molecule has 1 aromatic heterocycles. The molecule has 0 aliphatic heterocycles. The van der Waals surface area contributed by atoms with Crippen LogP contribution in [0.15, 0.2) is 66.7 Å². The summed E-state index contributed by atoms with van der Waals surface area (Å²) in [6.45, 7) is 7.36. The first-order valence-electron chi connectivity index (χ1n) is 10.6. The van der Waals surface area contributed by atoms with Crippen molar-refractivity contribution >= 4 is 33.9 Å². The average Bonchev–Trinajstić information content (AvgIpc) is 3.10. The zero-order valence-electron chi connectivity index (χ0n) is 19.0. The standard InChI is InChI=1S/C27H27NO4/c1-17(25(29)31-5)19-11-13-23-21(15-19)22-16-20(18-9-7-6-8-10-18)12-14-24(22)28(23)26(30)32-27(2,3)4/h6-17H,1-5H3. The zero-order valence-corrected chi connectivity index (χ0v) is 19.0. The van der Waals surface area contributed by atoms with E-state index in [9.17, 15) is 9.59 Å². The zero-order chi connectivity index (χ0) is 23.0. The van der Waals surface area contributed by atoms with Gasteiger partial charge in [0.05, 0.1) is 24.1 Å². The molecule has 0 aliphatic carbocycles. The first-order chi connectivity index (χ1) is 15.2. The molecule has 4 rings (SSSR count). The number of ether oxygens (including phenoxy) is 2. The third kappa shape index (κ3) is 3.98. The molecular formula is C27H27NO4. The summed E-state index contributed by atoms with van der Waals surface area (Å²) in [6, 6.07) is 21.8. The minimum Gasteiger partial charge on any atom is -0.469 e. The lowest BCUT2D eigenvalue weighted by molar-refractivity contribution is -0.141. The molecule has 5 heteroatoms. The van der Waals surface area contributed by atoms with Crippen LogP contribution in [0, 0.1) is 0 Å². The Bertz CT molecular complexity index is 1310. The Hall–Kier alpha value is -3.60. The van der Waals surface area contributed by atoms with E-state index in [1.165, 1.54) is 7.11 Å². The van der Waals surface area contributed by atoms with Gasteiger partial charge in [-0.25, -0.2) is 9.36 Å². The summed E-state index contributed by atoms with van der Waals surface area (Å²) in [5.41, 5.74) is 3.85. The van der Waals surface area contributed by atoms with E-state index in [1.807, 2.05) is 76.2 Å². The topological polar surface area (TPSA) is 57.5 Å². The number of hydrogen-bond acceptors (Lipinski definition) is 4. The number of benzene rings is 3. The molecule has 0 aliphatic rings. The molecule has 0 radical (unpaired) electrons. The van der Waals surface area contributed by atoms with E-state index in [1.54, 1.807) is 4.57 Å². The normalized spacial score (nSPS) is 12.7. The highest BCUT2D eigenvalue weighted by molar-refractivity contribution is 6.13. The fraction of sp³-hybridized carbons (Fsp3) is 0.259. The van der Waals surface area contributed by atoms with E-state index in [2.05, 4.69) is 18.2 Å². The Morgan fingerprint density at radius 1 is 0.844 bits per heavy atom. The third-order valence-electron chi connectivity index (χ3n) is 5.53. The van der Waals surface area contributed by atoms with Gasteiger partial charge in [-0.3, -0.25) is 4.79 Å². The number of methoxy groups -OCH3 is 1. The summed E-state index contributed by atoms with van der Waals surface area (Å²) in [6.07, 6.45) is -0.432. The highest BCUT2D eigenvalue weighted by atomic mass is 16.6. The van der Waals surface area contributed by atoms with Gasteiger partial charge in [0.25, 0.3) is 0 Å². The number of esters is 1. The Morgan fingerprint density at radius 3 is 2.09 bits per heavy atom. The summed E-state index contributed by atoms with van der Waals surface area (Å²) in [7, 11) is 1.39. The van der Waals surface area contributed by atoms with E-state index in [0.717, 1.165) is 38.5 Å². The molecule has 32 heavy (non-hydrogen) atoms. The van der Waals surface area contributed by atoms with Crippen LogP contribution in [0.25, 0.3) is 32.9 Å². The van der Waals surface area contributed by atoms with Crippen LogP contribution in [0.5, 0.6) is 0 Å². The van der Waals surface area contributed by atoms with E-state index in [0.29, 0.717) is 0 Å². The third-order valence-corrected chi connectivity index (χ3v) is 5.53. The number of hydrogen-bond donors (Lipinski definition) is 0. The van der Waals surface area contributed by atoms with Gasteiger partial charge >= 0.3 is 12.1 Å². The summed E-state index contributed by atoms with van der Waals surface area (Å²) in [5.74, 6) is -0.716. The summed E-state index contributed by atoms with van der Waals surface area (Å²) in [4.78, 5) is 25.3. The largest absolute Gasteiger partial charge is 0.469 e. The number of fused-ring (bicyclic) bond motifs is 3. The maximum atomic E-state index is 13.1. The quantitative estimate of drug-likeness (QED) is 0.348. The van der Waals surface area contributed by atoms with Gasteiger partial charge in [0.2, 0.25) is 0 Å². The van der Waals surface area contributed by atoms with Crippen molar-refractivity contribution in [3.05, 3.63) is 72.3 Å². The number of carbonyl (C=O) groups is 2. The second kappa shape index (κ2) is 8.15. The Labute approximate surface area is 187 Å². The molecule has 1 atom stereocenters. The smallest absolute Gasteiger partial charge is 0.419 e. The average molecular weight is 430 g/mol. The van der Waals surface area contributed by atoms with Crippen LogP contribution in [0.4, 0.5) is 4.79 Å². The van der Waals surface area contributed by atoms with E-state index in [-0.39, 0.29) is 5.97 Å². The lowest BCUT2D eigenvalue weighted by Crippen LogP contribution is -2.27. The van der Waals surface area contributed by atoms with Crippen molar-refractivity contribution in [2.75, 3.05) is 7.11 Å². The lowest BCUT2D eigenvalue weighted by atomic mass is 9.98. The van der Waals surface area contributed by atoms with Crippen LogP contribution in [0.1, 0.15) is 39.2 Å². The minimum absolute atomic E-state index is 0.301. The molecule has 0 fully saturated rings. The van der Waals surface area contributed by atoms with Gasteiger partial charge < -0.3 is 9.47 Å². The minimum atomic E-state index is -0.622. The highest BCUT2D eigenvalue weighted by Gasteiger charge is 2.24. The van der Waals surface area contributed by atoms with E-state index < -0.39 is 17.6 Å². The summed E-state index contributed by atoms with van der Waals surface area (Å²) < 4.78 is 12.2. The Morgan fingerprint density at radius 2 is 1.47 bits per heavy atom. The molecular weight excluding hydrogens is 402 g/mol. The van der Waals surface area contributed by atoms with Gasteiger partial charge in [0.15, 0.2) is 0 Å². The van der Waals surface area contributed by atoms with Crippen LogP contribution in [-0.4, -0.2) is 29.3 Å². The SMILES string of the molecule is COC(=O)C(C)c1ccc2c(c1)c1cc(-c3ccccc3)ccc1n2C(=O)OC(C)(C)C. The van der Waals surface area contributed by atoms with Crippen molar-refractivity contribution in [3.8, 4) is 11.1 Å². The molecule has 164 valence electrons. The van der Waals surface area contributed by atoms with Gasteiger partial charge in [-0.05, 0) is 68.7 Å². The predicted molar refractivity (Wildman–Crippen MR) is 127 cm³/mol. The van der Waals surface area contributed by atoms with Crippen molar-refractivity contribution in [2.45, 2.75) is 39.2 Å². The molecule has 5 nitrogen and oxygen atoms in total. The molecule has 4 aromatic rings. The van der Waals surface area contributed by atoms with Crippen molar-refractivity contribution in [1.82, 2.24) is 4.57 Å². The van der Waals surface area contributed by atoms with Crippen LogP contribution >= 0.6 is 0 Å². The first-order valence-corrected chi connectivity index (χ1v) is 10.6. The predicted octanol–water partition coefficient (Wildman–Crippen LogP) is 6.52. The molecule has 0 saturated carbocycles. The number of carbonyl (C=O) groups excluding carboxylic acids is 2. The fourth-order valence-electron chi connectivity index (χ4n) is 3.94. The molecule has 0 spiro atoms. The van der Waals surface area contributed by atoms with Crippen molar-refractivity contribution in [3.63, 3.8) is 0 Å². The van der Waals surface area contributed by atoms with Crippen LogP contribution < -0.4 is 0 Å². The van der Waals surface area contributed by atoms with Crippen molar-refractivity contribution in [1.29, 1.82) is 0 Å². The summed E-state index contributed by atoms with van der Waals surface area (Å²) >= 11 is 0. The summed E-state index contributed by atoms with van der Waals surface area (Å²) in [5, 5.41) is 1.81. The second-order valence-corrected chi connectivity index (χ2v) is 8.94. The molecule has 0 saturated heterocycles. The number of aromatic nitrogens is 1. The molecule has 0 bridgehead atoms. The van der Waals surface area contributed by atoms with Gasteiger partial charge in [-0.2, -0.15) is 0 Å². The first kappa shape index (κ1) is 21.6. The maximum absolute atomic E-state index is 13.1. The molecule has 0 amide bonds. The molecule has 1 unspecified atom stereocenters. The molecule has 1 heterocycles. The van der Waals surface area contributed by atoms with Crippen molar-refractivity contribution in [2.24, 2.45) is 0 Å². The maximum Gasteiger partial charge on any atom is 0.419 e.